The first-order valence-electron chi connectivity index (χ1n) is 6.52. The van der Waals surface area contributed by atoms with Crippen LogP contribution in [0.15, 0.2) is 23.1 Å². The van der Waals surface area contributed by atoms with Gasteiger partial charge in [-0.2, -0.15) is 5.26 Å². The second-order valence-corrected chi connectivity index (χ2v) is 5.79. The highest BCUT2D eigenvalue weighted by Gasteiger charge is 2.07. The molecular weight excluding hydrogens is 272 g/mol. The zero-order valence-electron chi connectivity index (χ0n) is 12.1. The lowest BCUT2D eigenvalue weighted by atomic mass is 10.1. The van der Waals surface area contributed by atoms with E-state index in [9.17, 15) is 10.1 Å². The third-order valence-corrected chi connectivity index (χ3v) is 3.75. The van der Waals surface area contributed by atoms with Gasteiger partial charge in [0.1, 0.15) is 6.07 Å². The Morgan fingerprint density at radius 3 is 2.85 bits per heavy atom. The van der Waals surface area contributed by atoms with Crippen molar-refractivity contribution in [2.75, 3.05) is 12.9 Å². The number of hydrogen-bond acceptors (Lipinski definition) is 5. The van der Waals surface area contributed by atoms with E-state index in [1.807, 2.05) is 18.2 Å². The van der Waals surface area contributed by atoms with Gasteiger partial charge in [0.25, 0.3) is 0 Å². The normalized spacial score (nSPS) is 10.3. The summed E-state index contributed by atoms with van der Waals surface area (Å²) in [5, 5.41) is 12.5. The van der Waals surface area contributed by atoms with Gasteiger partial charge in [-0.3, -0.25) is 4.79 Å². The molecule has 1 aromatic carbocycles. The number of nitrogens with zero attached hydrogens (tertiary/aromatic N) is 1. The van der Waals surface area contributed by atoms with Crippen molar-refractivity contribution in [2.45, 2.75) is 37.8 Å². The van der Waals surface area contributed by atoms with Crippen molar-refractivity contribution in [2.24, 2.45) is 0 Å². The molecule has 0 aliphatic heterocycles. The monoisotopic (exact) mass is 292 g/mol. The maximum absolute atomic E-state index is 11.1. The first kappa shape index (κ1) is 16.5. The van der Waals surface area contributed by atoms with Crippen LogP contribution in [0.5, 0.6) is 0 Å². The van der Waals surface area contributed by atoms with E-state index in [0.717, 1.165) is 17.0 Å². The van der Waals surface area contributed by atoms with Crippen molar-refractivity contribution in [3.8, 4) is 6.07 Å². The number of nitrogens with one attached hydrogen (secondary N) is 1. The van der Waals surface area contributed by atoms with E-state index in [1.54, 1.807) is 0 Å². The van der Waals surface area contributed by atoms with Gasteiger partial charge < -0.3 is 10.1 Å². The van der Waals surface area contributed by atoms with E-state index < -0.39 is 0 Å². The third kappa shape index (κ3) is 5.64. The van der Waals surface area contributed by atoms with Gasteiger partial charge >= 0.3 is 5.97 Å². The molecule has 0 unspecified atom stereocenters. The Hall–Kier alpha value is -1.51. The molecule has 0 heterocycles. The molecule has 0 bridgehead atoms. The molecule has 1 N–H and O–H groups in total. The van der Waals surface area contributed by atoms with Gasteiger partial charge in [-0.05, 0) is 17.7 Å². The summed E-state index contributed by atoms with van der Waals surface area (Å²) in [4.78, 5) is 12.0. The number of thioether (sulfide) groups is 1. The Labute approximate surface area is 124 Å². The Kier molecular flexibility index (Phi) is 7.13. The van der Waals surface area contributed by atoms with Gasteiger partial charge in [0.15, 0.2) is 0 Å². The Morgan fingerprint density at radius 1 is 1.50 bits per heavy atom. The molecule has 0 aliphatic carbocycles. The maximum Gasteiger partial charge on any atom is 0.306 e. The predicted molar refractivity (Wildman–Crippen MR) is 80.5 cm³/mol. The molecule has 0 radical (unpaired) electrons. The molecule has 5 heteroatoms. The van der Waals surface area contributed by atoms with E-state index in [0.29, 0.717) is 23.8 Å². The van der Waals surface area contributed by atoms with Gasteiger partial charge in [-0.1, -0.05) is 19.9 Å². The highest BCUT2D eigenvalue weighted by Crippen LogP contribution is 2.24. The van der Waals surface area contributed by atoms with Crippen LogP contribution in [0.4, 0.5) is 0 Å². The van der Waals surface area contributed by atoms with E-state index in [-0.39, 0.29) is 5.97 Å². The summed E-state index contributed by atoms with van der Waals surface area (Å²) in [6, 6.07) is 8.47. The summed E-state index contributed by atoms with van der Waals surface area (Å²) in [5.74, 6) is 0.388. The van der Waals surface area contributed by atoms with Crippen molar-refractivity contribution in [1.29, 1.82) is 5.26 Å². The van der Waals surface area contributed by atoms with Crippen molar-refractivity contribution >= 4 is 17.7 Å². The van der Waals surface area contributed by atoms with E-state index in [2.05, 4.69) is 30.0 Å². The highest BCUT2D eigenvalue weighted by molar-refractivity contribution is 7.99. The largest absolute Gasteiger partial charge is 0.469 e. The summed E-state index contributed by atoms with van der Waals surface area (Å²) in [5.41, 5.74) is 1.75. The molecule has 108 valence electrons. The molecular formula is C15H20N2O2S. The number of ether oxygens (including phenoxy) is 1. The number of esters is 1. The van der Waals surface area contributed by atoms with Crippen LogP contribution in [0.1, 0.15) is 31.4 Å². The van der Waals surface area contributed by atoms with Crippen LogP contribution >= 0.6 is 11.8 Å². The Bertz CT molecular complexity index is 495. The van der Waals surface area contributed by atoms with Crippen LogP contribution in [-0.2, 0) is 16.1 Å². The number of rotatable bonds is 7. The zero-order chi connectivity index (χ0) is 15.0. The minimum absolute atomic E-state index is 0.228. The standard InChI is InChI=1S/C15H20N2O2S/c1-11(2)17-10-12-4-5-14(13(8-12)9-16)20-7-6-15(18)19-3/h4-5,8,11,17H,6-7,10H2,1-3H3. The Balaban J connectivity index is 2.64. The second kappa shape index (κ2) is 8.62. The molecule has 0 saturated carbocycles. The molecule has 0 amide bonds. The van der Waals surface area contributed by atoms with Crippen LogP contribution < -0.4 is 5.32 Å². The SMILES string of the molecule is COC(=O)CCSc1ccc(CNC(C)C)cc1C#N. The summed E-state index contributed by atoms with van der Waals surface area (Å²) in [6.07, 6.45) is 0.350. The molecule has 4 nitrogen and oxygen atoms in total. The fraction of sp³-hybridized carbons (Fsp3) is 0.467. The van der Waals surface area contributed by atoms with Crippen molar-refractivity contribution in [3.05, 3.63) is 29.3 Å². The first-order valence-corrected chi connectivity index (χ1v) is 7.51. The van der Waals surface area contributed by atoms with Crippen LogP contribution in [0.2, 0.25) is 0 Å². The molecule has 20 heavy (non-hydrogen) atoms. The number of nitriles is 1. The molecule has 0 atom stereocenters. The number of benzene rings is 1. The smallest absolute Gasteiger partial charge is 0.306 e. The van der Waals surface area contributed by atoms with Gasteiger partial charge in [0, 0.05) is 23.2 Å². The number of methoxy groups -OCH3 is 1. The van der Waals surface area contributed by atoms with Crippen LogP contribution in [0.25, 0.3) is 0 Å². The van der Waals surface area contributed by atoms with Crippen LogP contribution in [-0.4, -0.2) is 24.9 Å². The van der Waals surface area contributed by atoms with Gasteiger partial charge in [-0.25, -0.2) is 0 Å². The summed E-state index contributed by atoms with van der Waals surface area (Å²) in [7, 11) is 1.38. The minimum atomic E-state index is -0.228. The van der Waals surface area contributed by atoms with Gasteiger partial charge in [0.05, 0.1) is 19.1 Å². The van der Waals surface area contributed by atoms with Crippen LogP contribution in [0, 0.1) is 11.3 Å². The van der Waals surface area contributed by atoms with E-state index in [4.69, 9.17) is 0 Å². The molecule has 0 fully saturated rings. The van der Waals surface area contributed by atoms with Crippen molar-refractivity contribution in [1.82, 2.24) is 5.32 Å². The zero-order valence-corrected chi connectivity index (χ0v) is 12.9. The van der Waals surface area contributed by atoms with Gasteiger partial charge in [0.2, 0.25) is 0 Å². The van der Waals surface area contributed by atoms with E-state index in [1.165, 1.54) is 18.9 Å². The summed E-state index contributed by atoms with van der Waals surface area (Å²) >= 11 is 1.50. The number of hydrogen-bond donors (Lipinski definition) is 1. The summed E-state index contributed by atoms with van der Waals surface area (Å²) in [6.45, 7) is 4.92. The van der Waals surface area contributed by atoms with E-state index >= 15 is 0 Å². The topological polar surface area (TPSA) is 62.1 Å². The fourth-order valence-corrected chi connectivity index (χ4v) is 2.48. The quantitative estimate of drug-likeness (QED) is 0.618. The highest BCUT2D eigenvalue weighted by atomic mass is 32.2. The fourth-order valence-electron chi connectivity index (χ4n) is 1.57. The third-order valence-electron chi connectivity index (χ3n) is 2.67. The molecule has 0 aromatic heterocycles. The average molecular weight is 292 g/mol. The first-order chi connectivity index (χ1) is 9.56. The Morgan fingerprint density at radius 2 is 2.25 bits per heavy atom. The molecule has 0 aliphatic rings. The number of carbonyl (C=O) groups is 1. The maximum atomic E-state index is 11.1. The lowest BCUT2D eigenvalue weighted by Gasteiger charge is -2.10. The van der Waals surface area contributed by atoms with Gasteiger partial charge in [-0.15, -0.1) is 11.8 Å². The molecule has 0 spiro atoms. The molecule has 1 aromatic rings. The van der Waals surface area contributed by atoms with Crippen molar-refractivity contribution < 1.29 is 9.53 Å². The lowest BCUT2D eigenvalue weighted by Crippen LogP contribution is -2.21. The van der Waals surface area contributed by atoms with Crippen LogP contribution in [0.3, 0.4) is 0 Å². The number of carbonyl (C=O) groups excluding carboxylic acids is 1. The molecule has 0 saturated heterocycles. The van der Waals surface area contributed by atoms with Crippen molar-refractivity contribution in [3.63, 3.8) is 0 Å². The predicted octanol–water partition coefficient (Wildman–Crippen LogP) is 2.71. The average Bonchev–Trinajstić information content (AvgIpc) is 2.45. The summed E-state index contributed by atoms with van der Waals surface area (Å²) < 4.78 is 4.59. The second-order valence-electron chi connectivity index (χ2n) is 4.65. The minimum Gasteiger partial charge on any atom is -0.469 e. The molecule has 1 rings (SSSR count). The lowest BCUT2D eigenvalue weighted by molar-refractivity contribution is -0.140.